The molecule has 1 N–H and O–H groups in total. The predicted molar refractivity (Wildman–Crippen MR) is 85.3 cm³/mol. The van der Waals surface area contributed by atoms with E-state index in [2.05, 4.69) is 46.0 Å². The Balaban J connectivity index is 2.37. The van der Waals surface area contributed by atoms with Crippen molar-refractivity contribution in [3.05, 3.63) is 34.3 Å². The van der Waals surface area contributed by atoms with Gasteiger partial charge in [-0.05, 0) is 71.3 Å². The second kappa shape index (κ2) is 5.32. The van der Waals surface area contributed by atoms with E-state index in [1.807, 2.05) is 19.2 Å². The molecular weight excluding hydrogens is 270 g/mol. The molecule has 1 saturated heterocycles. The molecule has 2 nitrogen and oxygen atoms in total. The monoisotopic (exact) mass is 295 g/mol. The average molecular weight is 296 g/mol. The first-order chi connectivity index (χ1) is 9.16. The van der Waals surface area contributed by atoms with E-state index < -0.39 is 0 Å². The van der Waals surface area contributed by atoms with Crippen LogP contribution in [0.5, 0.6) is 0 Å². The molecule has 0 aliphatic carbocycles. The predicted octanol–water partition coefficient (Wildman–Crippen LogP) is 4.50. The zero-order chi connectivity index (χ0) is 15.1. The highest BCUT2D eigenvalue weighted by Crippen LogP contribution is 2.48. The van der Waals surface area contributed by atoms with Gasteiger partial charge in [-0.3, -0.25) is 0 Å². The summed E-state index contributed by atoms with van der Waals surface area (Å²) < 4.78 is 6.25. The molecule has 0 radical (unpaired) electrons. The molecular formula is C17H26ClNO. The fraction of sp³-hybridized carbons (Fsp3) is 0.647. The molecule has 0 saturated carbocycles. The van der Waals surface area contributed by atoms with Gasteiger partial charge in [0.25, 0.3) is 0 Å². The van der Waals surface area contributed by atoms with Crippen LogP contribution in [0, 0.1) is 12.8 Å². The Morgan fingerprint density at radius 3 is 2.40 bits per heavy atom. The van der Waals surface area contributed by atoms with Crippen molar-refractivity contribution >= 4 is 11.6 Å². The SMILES string of the molecule is CNC(c1ccc(Cl)cc1C)C1CC(C)(C)OC1(C)C. The van der Waals surface area contributed by atoms with Crippen molar-refractivity contribution in [2.24, 2.45) is 5.92 Å². The van der Waals surface area contributed by atoms with Gasteiger partial charge in [0.2, 0.25) is 0 Å². The smallest absolute Gasteiger partial charge is 0.0681 e. The molecule has 0 aromatic heterocycles. The Morgan fingerprint density at radius 2 is 1.95 bits per heavy atom. The third kappa shape index (κ3) is 3.03. The summed E-state index contributed by atoms with van der Waals surface area (Å²) in [6.07, 6.45) is 1.05. The molecule has 1 aromatic carbocycles. The van der Waals surface area contributed by atoms with Gasteiger partial charge in [0.15, 0.2) is 0 Å². The summed E-state index contributed by atoms with van der Waals surface area (Å²) in [7, 11) is 2.03. The summed E-state index contributed by atoms with van der Waals surface area (Å²) in [5, 5.41) is 4.29. The number of hydrogen-bond acceptors (Lipinski definition) is 2. The fourth-order valence-corrected chi connectivity index (χ4v) is 3.91. The summed E-state index contributed by atoms with van der Waals surface area (Å²) in [5.74, 6) is 0.433. The maximum atomic E-state index is 6.25. The first-order valence-corrected chi connectivity index (χ1v) is 7.67. The van der Waals surface area contributed by atoms with Gasteiger partial charge in [0.1, 0.15) is 0 Å². The van der Waals surface area contributed by atoms with Crippen LogP contribution in [0.15, 0.2) is 18.2 Å². The highest BCUT2D eigenvalue weighted by Gasteiger charge is 2.49. The normalized spacial score (nSPS) is 25.6. The van der Waals surface area contributed by atoms with Crippen molar-refractivity contribution < 1.29 is 4.74 Å². The van der Waals surface area contributed by atoms with Crippen LogP contribution < -0.4 is 5.32 Å². The zero-order valence-corrected chi connectivity index (χ0v) is 14.1. The number of benzene rings is 1. The van der Waals surface area contributed by atoms with Crippen molar-refractivity contribution in [1.29, 1.82) is 0 Å². The van der Waals surface area contributed by atoms with E-state index in [0.717, 1.165) is 11.4 Å². The largest absolute Gasteiger partial charge is 0.369 e. The summed E-state index contributed by atoms with van der Waals surface area (Å²) in [6, 6.07) is 6.43. The van der Waals surface area contributed by atoms with Crippen LogP contribution in [-0.2, 0) is 4.74 Å². The van der Waals surface area contributed by atoms with E-state index in [-0.39, 0.29) is 17.2 Å². The van der Waals surface area contributed by atoms with Crippen molar-refractivity contribution in [1.82, 2.24) is 5.32 Å². The first kappa shape index (κ1) is 15.8. The van der Waals surface area contributed by atoms with E-state index in [1.165, 1.54) is 11.1 Å². The minimum Gasteiger partial charge on any atom is -0.369 e. The lowest BCUT2D eigenvalue weighted by Gasteiger charge is -2.34. The number of ether oxygens (including phenoxy) is 1. The summed E-state index contributed by atoms with van der Waals surface area (Å²) in [5.41, 5.74) is 2.35. The van der Waals surface area contributed by atoms with Crippen molar-refractivity contribution in [2.75, 3.05) is 7.05 Å². The third-order valence-corrected chi connectivity index (χ3v) is 4.66. The first-order valence-electron chi connectivity index (χ1n) is 7.30. The van der Waals surface area contributed by atoms with Crippen LogP contribution >= 0.6 is 11.6 Å². The van der Waals surface area contributed by atoms with Crippen LogP contribution in [0.2, 0.25) is 5.02 Å². The van der Waals surface area contributed by atoms with Crippen LogP contribution in [0.25, 0.3) is 0 Å². The summed E-state index contributed by atoms with van der Waals surface area (Å²) in [6.45, 7) is 10.9. The van der Waals surface area contributed by atoms with Crippen molar-refractivity contribution in [3.8, 4) is 0 Å². The molecule has 1 aromatic rings. The van der Waals surface area contributed by atoms with Crippen LogP contribution in [-0.4, -0.2) is 18.2 Å². The number of hydrogen-bond donors (Lipinski definition) is 1. The van der Waals surface area contributed by atoms with E-state index in [4.69, 9.17) is 16.3 Å². The Hall–Kier alpha value is -0.570. The van der Waals surface area contributed by atoms with Crippen LogP contribution in [0.4, 0.5) is 0 Å². The Labute approximate surface area is 127 Å². The van der Waals surface area contributed by atoms with Crippen molar-refractivity contribution in [2.45, 2.75) is 58.3 Å². The molecule has 2 atom stereocenters. The van der Waals surface area contributed by atoms with Crippen molar-refractivity contribution in [3.63, 3.8) is 0 Å². The van der Waals surface area contributed by atoms with E-state index in [1.54, 1.807) is 0 Å². The molecule has 3 heteroatoms. The highest BCUT2D eigenvalue weighted by atomic mass is 35.5. The van der Waals surface area contributed by atoms with Gasteiger partial charge < -0.3 is 10.1 Å². The van der Waals surface area contributed by atoms with E-state index in [0.29, 0.717) is 5.92 Å². The summed E-state index contributed by atoms with van der Waals surface area (Å²) in [4.78, 5) is 0. The summed E-state index contributed by atoms with van der Waals surface area (Å²) >= 11 is 6.08. The van der Waals surface area contributed by atoms with Gasteiger partial charge >= 0.3 is 0 Å². The quantitative estimate of drug-likeness (QED) is 0.886. The molecule has 2 rings (SSSR count). The minimum atomic E-state index is -0.136. The number of halogens is 1. The minimum absolute atomic E-state index is 0.0659. The van der Waals surface area contributed by atoms with Crippen LogP contribution in [0.3, 0.4) is 0 Å². The molecule has 0 spiro atoms. The lowest BCUT2D eigenvalue weighted by Crippen LogP contribution is -2.37. The number of nitrogens with one attached hydrogen (secondary N) is 1. The Kier molecular flexibility index (Phi) is 4.21. The van der Waals surface area contributed by atoms with Gasteiger partial charge in [0.05, 0.1) is 11.2 Å². The topological polar surface area (TPSA) is 21.3 Å². The lowest BCUT2D eigenvalue weighted by molar-refractivity contribution is -0.0776. The van der Waals surface area contributed by atoms with Gasteiger partial charge in [-0.25, -0.2) is 0 Å². The van der Waals surface area contributed by atoms with E-state index in [9.17, 15) is 0 Å². The van der Waals surface area contributed by atoms with Crippen LogP contribution in [0.1, 0.15) is 51.3 Å². The zero-order valence-electron chi connectivity index (χ0n) is 13.4. The maximum Gasteiger partial charge on any atom is 0.0681 e. The Bertz CT molecular complexity index is 496. The molecule has 112 valence electrons. The molecule has 20 heavy (non-hydrogen) atoms. The molecule has 0 amide bonds. The second-order valence-corrected chi connectivity index (χ2v) is 7.48. The number of rotatable bonds is 3. The average Bonchev–Trinajstić information content (AvgIpc) is 2.51. The lowest BCUT2D eigenvalue weighted by atomic mass is 9.78. The maximum absolute atomic E-state index is 6.25. The molecule has 1 aliphatic rings. The molecule has 1 heterocycles. The highest BCUT2D eigenvalue weighted by molar-refractivity contribution is 6.30. The molecule has 1 fully saturated rings. The number of aryl methyl sites for hydroxylation is 1. The van der Waals surface area contributed by atoms with Gasteiger partial charge in [-0.2, -0.15) is 0 Å². The molecule has 0 bridgehead atoms. The molecule has 2 unspecified atom stereocenters. The van der Waals surface area contributed by atoms with E-state index >= 15 is 0 Å². The second-order valence-electron chi connectivity index (χ2n) is 7.04. The molecule has 1 aliphatic heterocycles. The van der Waals surface area contributed by atoms with Gasteiger partial charge in [-0.15, -0.1) is 0 Å². The van der Waals surface area contributed by atoms with Gasteiger partial charge in [-0.1, -0.05) is 17.7 Å². The standard InChI is InChI=1S/C17H26ClNO/c1-11-9-12(18)7-8-13(11)15(19-6)14-10-16(2,3)20-17(14,4)5/h7-9,14-15,19H,10H2,1-6H3. The van der Waals surface area contributed by atoms with Gasteiger partial charge in [0, 0.05) is 17.0 Å². The fourth-order valence-electron chi connectivity index (χ4n) is 3.69. The third-order valence-electron chi connectivity index (χ3n) is 4.42. The Morgan fingerprint density at radius 1 is 1.30 bits per heavy atom.